The molecule has 0 aliphatic carbocycles. The van der Waals surface area contributed by atoms with Gasteiger partial charge in [-0.2, -0.15) is 5.10 Å². The van der Waals surface area contributed by atoms with Gasteiger partial charge >= 0.3 is 5.97 Å². The van der Waals surface area contributed by atoms with Gasteiger partial charge < -0.3 is 9.47 Å². The third-order valence-corrected chi connectivity index (χ3v) is 7.53. The van der Waals surface area contributed by atoms with E-state index in [0.717, 1.165) is 10.1 Å². The molecule has 0 spiro atoms. The summed E-state index contributed by atoms with van der Waals surface area (Å²) in [5.74, 6) is -0.460. The van der Waals surface area contributed by atoms with Gasteiger partial charge in [-0.1, -0.05) is 89.4 Å². The van der Waals surface area contributed by atoms with Crippen molar-refractivity contribution in [1.82, 2.24) is 5.43 Å². The minimum absolute atomic E-state index is 0.230. The Balaban J connectivity index is 0.000000461. The SMILES string of the molecule is COc1cc(/C=N/NC(=O)c2ccccc2Cl)ccc1OC(=O)c1sc2ccccc2c1Cl.Cc1ccccc1. The van der Waals surface area contributed by atoms with Crippen molar-refractivity contribution in [3.63, 3.8) is 0 Å². The molecular formula is C31H24Cl2N2O4S. The molecule has 9 heteroatoms. The minimum Gasteiger partial charge on any atom is -0.493 e. The second kappa shape index (κ2) is 13.8. The van der Waals surface area contributed by atoms with Crippen LogP contribution in [0, 0.1) is 6.92 Å². The quantitative estimate of drug-likeness (QED) is 0.0935. The molecule has 1 N–H and O–H groups in total. The van der Waals surface area contributed by atoms with E-state index in [1.54, 1.807) is 42.5 Å². The molecule has 0 unspecified atom stereocenters. The van der Waals surface area contributed by atoms with E-state index in [0.29, 0.717) is 31.8 Å². The molecule has 4 aromatic carbocycles. The van der Waals surface area contributed by atoms with Crippen LogP contribution < -0.4 is 14.9 Å². The molecule has 5 aromatic rings. The van der Waals surface area contributed by atoms with E-state index in [9.17, 15) is 9.59 Å². The van der Waals surface area contributed by atoms with E-state index in [-0.39, 0.29) is 5.75 Å². The lowest BCUT2D eigenvalue weighted by molar-refractivity contribution is 0.0734. The number of hydrogen-bond acceptors (Lipinski definition) is 6. The summed E-state index contributed by atoms with van der Waals surface area (Å²) < 4.78 is 11.8. The van der Waals surface area contributed by atoms with Crippen molar-refractivity contribution >= 4 is 62.7 Å². The third kappa shape index (κ3) is 7.27. The molecule has 5 rings (SSSR count). The number of benzene rings is 4. The molecule has 1 heterocycles. The Kier molecular flexibility index (Phi) is 9.91. The fourth-order valence-electron chi connectivity index (χ4n) is 3.55. The maximum atomic E-state index is 12.7. The highest BCUT2D eigenvalue weighted by atomic mass is 35.5. The highest BCUT2D eigenvalue weighted by molar-refractivity contribution is 7.21. The number of nitrogens with one attached hydrogen (secondary N) is 1. The number of thiophene rings is 1. The number of hydrogen-bond donors (Lipinski definition) is 1. The van der Waals surface area contributed by atoms with Crippen LogP contribution in [-0.4, -0.2) is 25.2 Å². The number of methoxy groups -OCH3 is 1. The van der Waals surface area contributed by atoms with Crippen molar-refractivity contribution in [2.75, 3.05) is 7.11 Å². The van der Waals surface area contributed by atoms with E-state index in [4.69, 9.17) is 32.7 Å². The number of carbonyl (C=O) groups excluding carboxylic acids is 2. The smallest absolute Gasteiger partial charge is 0.355 e. The monoisotopic (exact) mass is 590 g/mol. The van der Waals surface area contributed by atoms with Crippen LogP contribution in [0.15, 0.2) is 102 Å². The number of fused-ring (bicyclic) bond motifs is 1. The molecule has 1 amide bonds. The predicted molar refractivity (Wildman–Crippen MR) is 162 cm³/mol. The summed E-state index contributed by atoms with van der Waals surface area (Å²) in [6.07, 6.45) is 1.44. The van der Waals surface area contributed by atoms with Crippen LogP contribution in [0.5, 0.6) is 11.5 Å². The Morgan fingerprint density at radius 1 is 0.875 bits per heavy atom. The van der Waals surface area contributed by atoms with Gasteiger partial charge in [-0.3, -0.25) is 4.79 Å². The van der Waals surface area contributed by atoms with Crippen LogP contribution in [0.4, 0.5) is 0 Å². The van der Waals surface area contributed by atoms with Crippen molar-refractivity contribution < 1.29 is 19.1 Å². The van der Waals surface area contributed by atoms with Crippen molar-refractivity contribution in [2.45, 2.75) is 6.92 Å². The molecule has 1 aromatic heterocycles. The van der Waals surface area contributed by atoms with Crippen molar-refractivity contribution in [3.8, 4) is 11.5 Å². The molecule has 0 atom stereocenters. The maximum Gasteiger partial charge on any atom is 0.355 e. The van der Waals surface area contributed by atoms with Gasteiger partial charge in [-0.05, 0) is 48.9 Å². The summed E-state index contributed by atoms with van der Waals surface area (Å²) in [7, 11) is 1.46. The maximum absolute atomic E-state index is 12.7. The van der Waals surface area contributed by atoms with E-state index >= 15 is 0 Å². The second-order valence-electron chi connectivity index (χ2n) is 8.37. The number of amides is 1. The third-order valence-electron chi connectivity index (χ3n) is 5.55. The van der Waals surface area contributed by atoms with Gasteiger partial charge in [0.2, 0.25) is 0 Å². The van der Waals surface area contributed by atoms with Gasteiger partial charge in [0.05, 0.1) is 28.9 Å². The fraction of sp³-hybridized carbons (Fsp3) is 0.0645. The number of nitrogens with zero attached hydrogens (tertiary/aromatic N) is 1. The lowest BCUT2D eigenvalue weighted by Crippen LogP contribution is -2.17. The molecule has 0 radical (unpaired) electrons. The summed E-state index contributed by atoms with van der Waals surface area (Å²) in [6.45, 7) is 2.08. The summed E-state index contributed by atoms with van der Waals surface area (Å²) in [5, 5.41) is 5.43. The molecule has 6 nitrogen and oxygen atoms in total. The zero-order valence-electron chi connectivity index (χ0n) is 21.6. The number of hydrazone groups is 1. The molecule has 0 aliphatic heterocycles. The Labute approximate surface area is 245 Å². The van der Waals surface area contributed by atoms with E-state index in [2.05, 4.69) is 29.6 Å². The summed E-state index contributed by atoms with van der Waals surface area (Å²) in [4.78, 5) is 25.2. The summed E-state index contributed by atoms with van der Waals surface area (Å²) in [5.41, 5.74) is 4.67. The van der Waals surface area contributed by atoms with Crippen LogP contribution in [0.25, 0.3) is 10.1 Å². The lowest BCUT2D eigenvalue weighted by atomic mass is 10.2. The largest absolute Gasteiger partial charge is 0.493 e. The molecule has 0 bridgehead atoms. The first-order chi connectivity index (χ1) is 19.4. The van der Waals surface area contributed by atoms with Crippen LogP contribution >= 0.6 is 34.5 Å². The van der Waals surface area contributed by atoms with Crippen LogP contribution in [0.3, 0.4) is 0 Å². The number of aryl methyl sites for hydroxylation is 1. The Morgan fingerprint density at radius 2 is 1.57 bits per heavy atom. The Morgan fingerprint density at radius 3 is 2.25 bits per heavy atom. The van der Waals surface area contributed by atoms with Gasteiger partial charge in [0.25, 0.3) is 5.91 Å². The van der Waals surface area contributed by atoms with Crippen LogP contribution in [-0.2, 0) is 0 Å². The van der Waals surface area contributed by atoms with Crippen molar-refractivity contribution in [1.29, 1.82) is 0 Å². The average Bonchev–Trinajstić information content (AvgIpc) is 3.31. The van der Waals surface area contributed by atoms with Gasteiger partial charge in [0, 0.05) is 10.1 Å². The Hall–Kier alpha value is -4.17. The van der Waals surface area contributed by atoms with Gasteiger partial charge in [0.15, 0.2) is 11.5 Å². The van der Waals surface area contributed by atoms with Crippen LogP contribution in [0.1, 0.15) is 31.2 Å². The van der Waals surface area contributed by atoms with E-state index in [1.807, 2.05) is 42.5 Å². The predicted octanol–water partition coefficient (Wildman–Crippen LogP) is 8.19. The first-order valence-electron chi connectivity index (χ1n) is 12.0. The van der Waals surface area contributed by atoms with Crippen molar-refractivity contribution in [3.05, 3.63) is 129 Å². The summed E-state index contributed by atoms with van der Waals surface area (Å²) in [6, 6.07) is 29.3. The molecular weight excluding hydrogens is 567 g/mol. The van der Waals surface area contributed by atoms with Gasteiger partial charge in [-0.25, -0.2) is 10.2 Å². The fourth-order valence-corrected chi connectivity index (χ4v) is 5.15. The van der Waals surface area contributed by atoms with E-state index in [1.165, 1.54) is 30.2 Å². The lowest BCUT2D eigenvalue weighted by Gasteiger charge is -2.09. The number of halogens is 2. The van der Waals surface area contributed by atoms with E-state index < -0.39 is 11.9 Å². The highest BCUT2D eigenvalue weighted by Gasteiger charge is 2.20. The molecule has 202 valence electrons. The standard InChI is InChI=1S/C24H16Cl2N2O4S.C7H8/c1-31-19-12-14(13-27-28-23(29)15-6-2-4-8-17(15)25)10-11-18(19)32-24(30)22-21(26)16-7-3-5-9-20(16)33-22;1-7-5-3-2-4-6-7/h2-13H,1H3,(H,28,29);2-6H,1H3/b27-13+;. The molecule has 0 saturated carbocycles. The second-order valence-corrected chi connectivity index (χ2v) is 10.2. The molecule has 0 saturated heterocycles. The normalized spacial score (nSPS) is 10.6. The van der Waals surface area contributed by atoms with Gasteiger partial charge in [-0.15, -0.1) is 11.3 Å². The number of carbonyl (C=O) groups is 2. The Bertz CT molecular complexity index is 1670. The molecule has 0 fully saturated rings. The molecule has 0 aliphatic rings. The van der Waals surface area contributed by atoms with Gasteiger partial charge in [0.1, 0.15) is 4.88 Å². The van der Waals surface area contributed by atoms with Crippen molar-refractivity contribution in [2.24, 2.45) is 5.10 Å². The zero-order chi connectivity index (χ0) is 28.5. The minimum atomic E-state index is -0.576. The number of esters is 1. The topological polar surface area (TPSA) is 77.0 Å². The highest BCUT2D eigenvalue weighted by Crippen LogP contribution is 2.37. The number of ether oxygens (including phenoxy) is 2. The summed E-state index contributed by atoms with van der Waals surface area (Å²) >= 11 is 13.6. The zero-order valence-corrected chi connectivity index (χ0v) is 23.9. The molecule has 40 heavy (non-hydrogen) atoms. The van der Waals surface area contributed by atoms with Crippen LogP contribution in [0.2, 0.25) is 10.0 Å². The first-order valence-corrected chi connectivity index (χ1v) is 13.6. The average molecular weight is 592 g/mol. The first kappa shape index (κ1) is 28.8. The number of rotatable bonds is 6.